The Hall–Kier alpha value is -0.0600. The highest BCUT2D eigenvalue weighted by Crippen LogP contribution is 2.31. The van der Waals surface area contributed by atoms with Crippen molar-refractivity contribution in [3.63, 3.8) is 0 Å². The van der Waals surface area contributed by atoms with E-state index in [9.17, 15) is 0 Å². The van der Waals surface area contributed by atoms with Gasteiger partial charge in [-0.3, -0.25) is 0 Å². The first-order chi connectivity index (χ1) is 8.50. The van der Waals surface area contributed by atoms with E-state index < -0.39 is 0 Å². The van der Waals surface area contributed by atoms with Gasteiger partial charge in [-0.15, -0.1) is 0 Å². The van der Waals surface area contributed by atoms with Gasteiger partial charge in [0.1, 0.15) is 0 Å². The largest absolute Gasteiger partial charge is 0.398 e. The average molecular weight is 376 g/mol. The molecule has 0 atom stereocenters. The highest BCUT2D eigenvalue weighted by Gasteiger charge is 2.26. The van der Waals surface area contributed by atoms with Gasteiger partial charge in [-0.2, -0.15) is 0 Å². The van der Waals surface area contributed by atoms with Crippen LogP contribution in [-0.4, -0.2) is 5.54 Å². The molecule has 2 nitrogen and oxygen atoms in total. The Morgan fingerprint density at radius 3 is 2.56 bits per heavy atom. The van der Waals surface area contributed by atoms with Gasteiger partial charge in [0.05, 0.1) is 5.69 Å². The Balaban J connectivity index is 2.05. The molecule has 0 radical (unpaired) electrons. The minimum Gasteiger partial charge on any atom is -0.398 e. The van der Waals surface area contributed by atoms with Gasteiger partial charge in [0.25, 0.3) is 0 Å². The molecule has 1 aliphatic carbocycles. The van der Waals surface area contributed by atoms with E-state index in [4.69, 9.17) is 5.73 Å². The van der Waals surface area contributed by atoms with Crippen LogP contribution in [0.25, 0.3) is 0 Å². The molecule has 0 heterocycles. The van der Waals surface area contributed by atoms with E-state index in [1.807, 2.05) is 6.07 Å². The molecule has 0 bridgehead atoms. The molecule has 1 aromatic rings. The summed E-state index contributed by atoms with van der Waals surface area (Å²) >= 11 is 7.01. The number of hydrogen-bond donors (Lipinski definition) is 2. The number of nitrogen functional groups attached to an aromatic ring is 1. The van der Waals surface area contributed by atoms with Crippen LogP contribution in [0.15, 0.2) is 21.1 Å². The van der Waals surface area contributed by atoms with Gasteiger partial charge in [-0.05, 0) is 53.4 Å². The summed E-state index contributed by atoms with van der Waals surface area (Å²) in [7, 11) is 0. The first-order valence-corrected chi connectivity index (χ1v) is 8.07. The molecule has 0 amide bonds. The van der Waals surface area contributed by atoms with E-state index in [1.165, 1.54) is 32.1 Å². The predicted octanol–water partition coefficient (Wildman–Crippen LogP) is 4.61. The minimum absolute atomic E-state index is 0.277. The summed E-state index contributed by atoms with van der Waals surface area (Å²) in [4.78, 5) is 0. The molecule has 0 aliphatic heterocycles. The van der Waals surface area contributed by atoms with Crippen molar-refractivity contribution in [2.45, 2.75) is 51.1 Å². The first-order valence-electron chi connectivity index (χ1n) is 6.49. The number of hydrogen-bond acceptors (Lipinski definition) is 2. The second-order valence-electron chi connectivity index (χ2n) is 5.44. The van der Waals surface area contributed by atoms with Crippen LogP contribution in [0.5, 0.6) is 0 Å². The maximum absolute atomic E-state index is 6.10. The first kappa shape index (κ1) is 14.4. The van der Waals surface area contributed by atoms with Crippen LogP contribution < -0.4 is 11.1 Å². The minimum atomic E-state index is 0.277. The lowest BCUT2D eigenvalue weighted by molar-refractivity contribution is 0.252. The van der Waals surface area contributed by atoms with Crippen molar-refractivity contribution in [3.8, 4) is 0 Å². The number of rotatable bonds is 3. The second kappa shape index (κ2) is 5.93. The molecule has 1 fully saturated rings. The van der Waals surface area contributed by atoms with Crippen molar-refractivity contribution < 1.29 is 0 Å². The molecule has 1 saturated carbocycles. The molecule has 3 N–H and O–H groups in total. The van der Waals surface area contributed by atoms with Gasteiger partial charge in [0, 0.05) is 21.0 Å². The Bertz CT molecular complexity index is 426. The summed E-state index contributed by atoms with van der Waals surface area (Å²) in [5, 5.41) is 3.69. The lowest BCUT2D eigenvalue weighted by Crippen LogP contribution is -2.43. The summed E-state index contributed by atoms with van der Waals surface area (Å²) in [5.41, 5.74) is 8.37. The Labute approximate surface area is 126 Å². The third-order valence-electron chi connectivity index (χ3n) is 3.84. The standard InChI is InChI=1S/C14H20Br2N2/c1-14(5-3-2-4-6-14)18-9-10-7-11(15)8-12(16)13(10)17/h7-8,18H,2-6,9,17H2,1H3. The Morgan fingerprint density at radius 1 is 1.22 bits per heavy atom. The molecule has 4 heteroatoms. The topological polar surface area (TPSA) is 38.0 Å². The maximum atomic E-state index is 6.10. The van der Waals surface area contributed by atoms with Crippen LogP contribution in [0.3, 0.4) is 0 Å². The fourth-order valence-electron chi connectivity index (χ4n) is 2.60. The maximum Gasteiger partial charge on any atom is 0.0504 e. The van der Waals surface area contributed by atoms with Crippen molar-refractivity contribution >= 4 is 37.5 Å². The van der Waals surface area contributed by atoms with Crippen LogP contribution in [-0.2, 0) is 6.54 Å². The lowest BCUT2D eigenvalue weighted by Gasteiger charge is -2.35. The SMILES string of the molecule is CC1(NCc2cc(Br)cc(Br)c2N)CCCCC1. The number of nitrogens with one attached hydrogen (secondary N) is 1. The summed E-state index contributed by atoms with van der Waals surface area (Å²) in [6.45, 7) is 3.16. The summed E-state index contributed by atoms with van der Waals surface area (Å²) < 4.78 is 2.02. The zero-order valence-electron chi connectivity index (χ0n) is 10.7. The second-order valence-corrected chi connectivity index (χ2v) is 7.21. The van der Waals surface area contributed by atoms with Gasteiger partial charge < -0.3 is 11.1 Å². The van der Waals surface area contributed by atoms with Crippen molar-refractivity contribution in [1.29, 1.82) is 0 Å². The van der Waals surface area contributed by atoms with E-state index >= 15 is 0 Å². The van der Waals surface area contributed by atoms with Crippen LogP contribution in [0, 0.1) is 0 Å². The average Bonchev–Trinajstić information content (AvgIpc) is 2.33. The smallest absolute Gasteiger partial charge is 0.0504 e. The number of halogens is 2. The van der Waals surface area contributed by atoms with E-state index in [0.29, 0.717) is 0 Å². The highest BCUT2D eigenvalue weighted by molar-refractivity contribution is 9.11. The summed E-state index contributed by atoms with van der Waals surface area (Å²) in [6.07, 6.45) is 6.58. The predicted molar refractivity (Wildman–Crippen MR) is 84.6 cm³/mol. The normalized spacial score (nSPS) is 18.8. The molecule has 1 aromatic carbocycles. The van der Waals surface area contributed by atoms with Crippen molar-refractivity contribution in [3.05, 3.63) is 26.6 Å². The van der Waals surface area contributed by atoms with E-state index in [1.54, 1.807) is 0 Å². The Morgan fingerprint density at radius 2 is 1.89 bits per heavy atom. The zero-order chi connectivity index (χ0) is 13.2. The highest BCUT2D eigenvalue weighted by atomic mass is 79.9. The molecule has 0 spiro atoms. The fourth-order valence-corrected chi connectivity index (χ4v) is 3.92. The van der Waals surface area contributed by atoms with Crippen LogP contribution in [0.4, 0.5) is 5.69 Å². The third-order valence-corrected chi connectivity index (χ3v) is 4.96. The monoisotopic (exact) mass is 374 g/mol. The van der Waals surface area contributed by atoms with Gasteiger partial charge in [0.15, 0.2) is 0 Å². The van der Waals surface area contributed by atoms with Crippen molar-refractivity contribution in [1.82, 2.24) is 5.32 Å². The van der Waals surface area contributed by atoms with Crippen LogP contribution >= 0.6 is 31.9 Å². The molecule has 2 rings (SSSR count). The quantitative estimate of drug-likeness (QED) is 0.757. The van der Waals surface area contributed by atoms with Gasteiger partial charge in [-0.25, -0.2) is 0 Å². The van der Waals surface area contributed by atoms with Crippen LogP contribution in [0.1, 0.15) is 44.6 Å². The molecular weight excluding hydrogens is 356 g/mol. The van der Waals surface area contributed by atoms with Crippen molar-refractivity contribution in [2.24, 2.45) is 0 Å². The molecule has 0 aromatic heterocycles. The van der Waals surface area contributed by atoms with E-state index in [0.717, 1.165) is 26.7 Å². The fraction of sp³-hybridized carbons (Fsp3) is 0.571. The molecule has 18 heavy (non-hydrogen) atoms. The zero-order valence-corrected chi connectivity index (χ0v) is 13.9. The van der Waals surface area contributed by atoms with E-state index in [-0.39, 0.29) is 5.54 Å². The summed E-state index contributed by atoms with van der Waals surface area (Å²) in [5.74, 6) is 0. The third kappa shape index (κ3) is 3.49. The van der Waals surface area contributed by atoms with E-state index in [2.05, 4.69) is 50.2 Å². The number of benzene rings is 1. The molecule has 100 valence electrons. The van der Waals surface area contributed by atoms with Gasteiger partial charge in [0.2, 0.25) is 0 Å². The van der Waals surface area contributed by atoms with Crippen molar-refractivity contribution in [2.75, 3.05) is 5.73 Å². The van der Waals surface area contributed by atoms with Crippen LogP contribution in [0.2, 0.25) is 0 Å². The van der Waals surface area contributed by atoms with Gasteiger partial charge in [-0.1, -0.05) is 35.2 Å². The molecule has 1 aliphatic rings. The summed E-state index contributed by atoms with van der Waals surface area (Å²) in [6, 6.07) is 4.08. The Kier molecular flexibility index (Phi) is 4.73. The molecule has 0 unspecified atom stereocenters. The number of anilines is 1. The molecule has 0 saturated heterocycles. The lowest BCUT2D eigenvalue weighted by atomic mass is 9.83. The number of nitrogens with two attached hydrogens (primary N) is 1. The van der Waals surface area contributed by atoms with Gasteiger partial charge >= 0.3 is 0 Å². The molecular formula is C14H20Br2N2.